The summed E-state index contributed by atoms with van der Waals surface area (Å²) in [7, 11) is -1.81. The first kappa shape index (κ1) is 34.2. The summed E-state index contributed by atoms with van der Waals surface area (Å²) in [5.74, 6) is -5.59. The van der Waals surface area contributed by atoms with Crippen molar-refractivity contribution in [1.82, 2.24) is 14.9 Å². The van der Waals surface area contributed by atoms with Gasteiger partial charge in [-0.2, -0.15) is 30.7 Å². The zero-order valence-corrected chi connectivity index (χ0v) is 23.1. The van der Waals surface area contributed by atoms with Gasteiger partial charge in [0.2, 0.25) is 11.8 Å². The number of likely N-dealkylation sites (tertiary alicyclic amines) is 1. The number of pyridine rings is 2. The van der Waals surface area contributed by atoms with E-state index in [1.54, 1.807) is 31.5 Å². The van der Waals surface area contributed by atoms with E-state index >= 15 is 0 Å². The second-order valence-electron chi connectivity index (χ2n) is 9.28. The second kappa shape index (κ2) is 13.1. The van der Waals surface area contributed by atoms with Gasteiger partial charge >= 0.3 is 24.3 Å². The Hall–Kier alpha value is -4.32. The molecule has 2 aromatic heterocycles. The predicted octanol–water partition coefficient (Wildman–Crippen LogP) is 4.31. The lowest BCUT2D eigenvalue weighted by atomic mass is 9.95. The molecule has 0 aliphatic carbocycles. The van der Waals surface area contributed by atoms with E-state index in [4.69, 9.17) is 24.5 Å². The molecule has 2 unspecified atom stereocenters. The lowest BCUT2D eigenvalue weighted by Crippen LogP contribution is -2.26. The molecule has 1 saturated heterocycles. The summed E-state index contributed by atoms with van der Waals surface area (Å²) in [5, 5.41) is 13.8. The average molecular weight is 654 g/mol. The Morgan fingerprint density at radius 2 is 1.55 bits per heavy atom. The first-order chi connectivity index (χ1) is 20.4. The lowest BCUT2D eigenvalue weighted by molar-refractivity contribution is -0.193. The van der Waals surface area contributed by atoms with E-state index in [0.29, 0.717) is 30.4 Å². The van der Waals surface area contributed by atoms with Gasteiger partial charge in [-0.3, -0.25) is 4.90 Å². The molecule has 2 atom stereocenters. The molecular weight excluding hydrogens is 631 g/mol. The van der Waals surface area contributed by atoms with Gasteiger partial charge in [0.1, 0.15) is 0 Å². The fraction of sp³-hybridized carbons (Fsp3) is 0.308. The van der Waals surface area contributed by atoms with Crippen molar-refractivity contribution in [2.45, 2.75) is 35.0 Å². The number of ether oxygens (including phenoxy) is 1. The first-order valence-corrected chi connectivity index (χ1v) is 13.7. The SMILES string of the molecule is COc1ncccc1CN1CC2c3cc(-c4ccc(F)nc4)ccc3S(=O)(=O)C2C1.O=C(O)C(F)(F)F.O=C(O)C(F)(F)F. The minimum Gasteiger partial charge on any atom is -0.481 e. The van der Waals surface area contributed by atoms with Crippen LogP contribution >= 0.6 is 0 Å². The van der Waals surface area contributed by atoms with E-state index in [1.165, 1.54) is 12.3 Å². The Bertz CT molecular complexity index is 1590. The number of hydrogen-bond acceptors (Lipinski definition) is 8. The highest BCUT2D eigenvalue weighted by Gasteiger charge is 2.50. The van der Waals surface area contributed by atoms with Crippen molar-refractivity contribution in [3.8, 4) is 17.0 Å². The molecule has 0 amide bonds. The molecule has 0 saturated carbocycles. The van der Waals surface area contributed by atoms with Crippen LogP contribution in [0.4, 0.5) is 30.7 Å². The molecule has 238 valence electrons. The number of benzene rings is 1. The molecule has 44 heavy (non-hydrogen) atoms. The number of fused-ring (bicyclic) bond motifs is 3. The Labute approximate surface area is 244 Å². The van der Waals surface area contributed by atoms with E-state index in [0.717, 1.165) is 22.3 Å². The topological polar surface area (TPSA) is 147 Å². The Balaban J connectivity index is 0.000000317. The molecule has 2 aliphatic rings. The van der Waals surface area contributed by atoms with Crippen LogP contribution in [0.1, 0.15) is 17.0 Å². The highest BCUT2D eigenvalue weighted by Crippen LogP contribution is 2.46. The van der Waals surface area contributed by atoms with E-state index in [-0.39, 0.29) is 5.92 Å². The number of rotatable bonds is 4. The maximum absolute atomic E-state index is 13.2. The fourth-order valence-corrected chi connectivity index (χ4v) is 6.74. The summed E-state index contributed by atoms with van der Waals surface area (Å²) in [6.07, 6.45) is -7.03. The number of methoxy groups -OCH3 is 1. The van der Waals surface area contributed by atoms with Crippen molar-refractivity contribution in [2.75, 3.05) is 20.2 Å². The summed E-state index contributed by atoms with van der Waals surface area (Å²) >= 11 is 0. The van der Waals surface area contributed by atoms with E-state index in [1.807, 2.05) is 18.2 Å². The van der Waals surface area contributed by atoms with E-state index in [2.05, 4.69) is 14.9 Å². The minimum atomic E-state index is -5.08. The predicted molar refractivity (Wildman–Crippen MR) is 137 cm³/mol. The van der Waals surface area contributed by atoms with Crippen LogP contribution in [0, 0.1) is 5.95 Å². The third kappa shape index (κ3) is 7.98. The quantitative estimate of drug-likeness (QED) is 0.309. The van der Waals surface area contributed by atoms with Crippen LogP contribution in [0.15, 0.2) is 59.8 Å². The monoisotopic (exact) mass is 653 g/mol. The first-order valence-electron chi connectivity index (χ1n) is 12.2. The van der Waals surface area contributed by atoms with Gasteiger partial charge in [0.05, 0.1) is 17.3 Å². The van der Waals surface area contributed by atoms with Gasteiger partial charge in [-0.05, 0) is 41.5 Å². The second-order valence-corrected chi connectivity index (χ2v) is 11.4. The molecule has 0 radical (unpaired) electrons. The molecule has 3 aromatic rings. The van der Waals surface area contributed by atoms with Crippen LogP contribution in [-0.4, -0.2) is 83.2 Å². The standard InChI is InChI=1S/C22H20FN3O3S.2C2HF3O2/c1-29-22-16(3-2-8-24-22)11-26-12-18-17-9-14(15-5-7-21(23)25-10-15)4-6-19(17)30(27,28)20(18)13-26;2*3-2(4,5)1(6)7/h2-10,18,20H,11-13H2,1H3;2*(H,6,7). The minimum absolute atomic E-state index is 0.0963. The van der Waals surface area contributed by atoms with Crippen molar-refractivity contribution in [3.63, 3.8) is 0 Å². The maximum Gasteiger partial charge on any atom is 0.490 e. The van der Waals surface area contributed by atoms with Gasteiger partial charge in [-0.15, -0.1) is 0 Å². The van der Waals surface area contributed by atoms with Crippen molar-refractivity contribution in [2.24, 2.45) is 0 Å². The molecule has 10 nitrogen and oxygen atoms in total. The number of sulfone groups is 1. The number of aromatic nitrogens is 2. The van der Waals surface area contributed by atoms with Gasteiger partial charge in [0, 0.05) is 49.1 Å². The number of carboxylic acids is 2. The van der Waals surface area contributed by atoms with Gasteiger partial charge < -0.3 is 14.9 Å². The van der Waals surface area contributed by atoms with Crippen LogP contribution < -0.4 is 4.74 Å². The molecule has 4 heterocycles. The molecule has 1 fully saturated rings. The summed E-state index contributed by atoms with van der Waals surface area (Å²) in [6.45, 7) is 1.68. The van der Waals surface area contributed by atoms with Gasteiger partial charge in [-0.25, -0.2) is 28.0 Å². The maximum atomic E-state index is 13.2. The van der Waals surface area contributed by atoms with Crippen LogP contribution in [0.2, 0.25) is 0 Å². The number of aliphatic carboxylic acids is 2. The van der Waals surface area contributed by atoms with Crippen molar-refractivity contribution >= 4 is 21.8 Å². The number of carboxylic acid groups (broad SMARTS) is 2. The number of hydrogen-bond donors (Lipinski definition) is 2. The van der Waals surface area contributed by atoms with Crippen LogP contribution in [-0.2, 0) is 26.0 Å². The molecule has 2 N–H and O–H groups in total. The van der Waals surface area contributed by atoms with Crippen molar-refractivity contribution < 1.29 is 63.7 Å². The highest BCUT2D eigenvalue weighted by atomic mass is 32.2. The highest BCUT2D eigenvalue weighted by molar-refractivity contribution is 7.92. The van der Waals surface area contributed by atoms with Crippen LogP contribution in [0.25, 0.3) is 11.1 Å². The Morgan fingerprint density at radius 3 is 2.07 bits per heavy atom. The zero-order chi connectivity index (χ0) is 33.0. The Kier molecular flexibility index (Phi) is 10.2. The van der Waals surface area contributed by atoms with Crippen molar-refractivity contribution in [3.05, 3.63) is 71.9 Å². The third-order valence-electron chi connectivity index (χ3n) is 6.44. The van der Waals surface area contributed by atoms with Crippen LogP contribution in [0.5, 0.6) is 5.88 Å². The summed E-state index contributed by atoms with van der Waals surface area (Å²) in [6, 6.07) is 12.1. The third-order valence-corrected chi connectivity index (χ3v) is 8.70. The number of halogens is 7. The molecule has 0 bridgehead atoms. The number of alkyl halides is 6. The molecule has 2 aliphatic heterocycles. The fourth-order valence-electron chi connectivity index (χ4n) is 4.55. The lowest BCUT2D eigenvalue weighted by Gasteiger charge is -2.18. The summed E-state index contributed by atoms with van der Waals surface area (Å²) < 4.78 is 108. The Morgan fingerprint density at radius 1 is 0.955 bits per heavy atom. The van der Waals surface area contributed by atoms with E-state index < -0.39 is 45.3 Å². The summed E-state index contributed by atoms with van der Waals surface area (Å²) in [4.78, 5) is 28.3. The van der Waals surface area contributed by atoms with Gasteiger partial charge in [0.15, 0.2) is 9.84 Å². The summed E-state index contributed by atoms with van der Waals surface area (Å²) in [5.41, 5.74) is 3.37. The van der Waals surface area contributed by atoms with E-state index in [9.17, 15) is 39.2 Å². The smallest absolute Gasteiger partial charge is 0.481 e. The molecule has 5 rings (SSSR count). The normalized spacial score (nSPS) is 18.5. The molecule has 1 aromatic carbocycles. The number of carbonyl (C=O) groups is 2. The van der Waals surface area contributed by atoms with Crippen LogP contribution in [0.3, 0.4) is 0 Å². The zero-order valence-electron chi connectivity index (χ0n) is 22.3. The van der Waals surface area contributed by atoms with Crippen molar-refractivity contribution in [1.29, 1.82) is 0 Å². The van der Waals surface area contributed by atoms with Gasteiger partial charge in [-0.1, -0.05) is 12.1 Å². The molecule has 18 heteroatoms. The average Bonchev–Trinajstić information content (AvgIpc) is 3.45. The molecular formula is C26H22F7N3O7S. The van der Waals surface area contributed by atoms with Gasteiger partial charge in [0.25, 0.3) is 0 Å². The largest absolute Gasteiger partial charge is 0.490 e. The molecule has 0 spiro atoms. The number of nitrogens with zero attached hydrogens (tertiary/aromatic N) is 3.